The molecule has 1 N–H and O–H groups in total. The first-order chi connectivity index (χ1) is 15.3. The molecule has 172 valence electrons. The minimum atomic E-state index is -0.485. The van der Waals surface area contributed by atoms with Gasteiger partial charge in [-0.3, -0.25) is 4.79 Å². The van der Waals surface area contributed by atoms with Crippen LogP contribution in [-0.4, -0.2) is 43.9 Å². The third kappa shape index (κ3) is 6.26. The molecular weight excluding hydrogens is 406 g/mol. The van der Waals surface area contributed by atoms with E-state index in [4.69, 9.17) is 9.15 Å². The lowest BCUT2D eigenvalue weighted by Gasteiger charge is -2.23. The quantitative estimate of drug-likeness (QED) is 0.347. The standard InChI is InChI=1S/C26H33NO5/c1-27(2,3)16-10-6-4-5-7-11-17-31-26-24(30)20-12-8-9-13-23(20)32-25(26)19-14-15-21(28)22(29)18-19/h8-9,12-15,18H,4-7,10-11,16-17H2,1-3H3,(H-,28,29,30). The molecule has 1 aromatic heterocycles. The fourth-order valence-corrected chi connectivity index (χ4v) is 3.67. The molecular formula is C26H33NO5. The molecule has 0 unspecified atom stereocenters. The predicted octanol–water partition coefficient (Wildman–Crippen LogP) is 4.66. The summed E-state index contributed by atoms with van der Waals surface area (Å²) in [5.41, 5.74) is 0.601. The molecule has 2 aromatic carbocycles. The van der Waals surface area contributed by atoms with Crippen LogP contribution in [0, 0.1) is 0 Å². The van der Waals surface area contributed by atoms with E-state index in [-0.39, 0.29) is 16.9 Å². The fourth-order valence-electron chi connectivity index (χ4n) is 3.67. The Morgan fingerprint density at radius 3 is 2.38 bits per heavy atom. The highest BCUT2D eigenvalue weighted by Crippen LogP contribution is 2.35. The average Bonchev–Trinajstić information content (AvgIpc) is 2.75. The molecule has 0 amide bonds. The molecule has 0 aliphatic heterocycles. The van der Waals surface area contributed by atoms with E-state index in [1.165, 1.54) is 44.0 Å². The number of hydrogen-bond donors (Lipinski definition) is 1. The largest absolute Gasteiger partial charge is 0.870 e. The van der Waals surface area contributed by atoms with E-state index in [0.29, 0.717) is 23.1 Å². The van der Waals surface area contributed by atoms with E-state index >= 15 is 0 Å². The van der Waals surface area contributed by atoms with Crippen LogP contribution in [-0.2, 0) is 0 Å². The summed E-state index contributed by atoms with van der Waals surface area (Å²) < 4.78 is 12.9. The minimum Gasteiger partial charge on any atom is -0.870 e. The smallest absolute Gasteiger partial charge is 0.235 e. The van der Waals surface area contributed by atoms with Gasteiger partial charge in [-0.2, -0.15) is 0 Å². The van der Waals surface area contributed by atoms with Gasteiger partial charge in [0.1, 0.15) is 11.3 Å². The summed E-state index contributed by atoms with van der Waals surface area (Å²) in [4.78, 5) is 13.1. The van der Waals surface area contributed by atoms with Crippen molar-refractivity contribution < 1.29 is 23.9 Å². The topological polar surface area (TPSA) is 82.7 Å². The number of ether oxygens (including phenoxy) is 1. The minimum absolute atomic E-state index is 0.115. The Morgan fingerprint density at radius 2 is 1.66 bits per heavy atom. The highest BCUT2D eigenvalue weighted by Gasteiger charge is 2.18. The lowest BCUT2D eigenvalue weighted by atomic mass is 10.1. The maximum absolute atomic E-state index is 13.1. The van der Waals surface area contributed by atoms with Crippen molar-refractivity contribution in [2.45, 2.75) is 38.5 Å². The number of quaternary nitrogens is 1. The number of hydrogen-bond acceptors (Lipinski definition) is 5. The molecule has 0 radical (unpaired) electrons. The van der Waals surface area contributed by atoms with Crippen LogP contribution in [0.1, 0.15) is 38.5 Å². The fraction of sp³-hybridized carbons (Fsp3) is 0.423. The summed E-state index contributed by atoms with van der Waals surface area (Å²) in [5, 5.41) is 21.9. The normalized spacial score (nSPS) is 11.7. The van der Waals surface area contributed by atoms with Crippen molar-refractivity contribution in [2.75, 3.05) is 34.3 Å². The van der Waals surface area contributed by atoms with Crippen molar-refractivity contribution in [2.24, 2.45) is 0 Å². The van der Waals surface area contributed by atoms with Crippen molar-refractivity contribution in [3.05, 3.63) is 52.7 Å². The van der Waals surface area contributed by atoms with Crippen molar-refractivity contribution in [3.8, 4) is 28.6 Å². The molecule has 0 aliphatic rings. The molecule has 0 saturated heterocycles. The van der Waals surface area contributed by atoms with Crippen molar-refractivity contribution in [1.82, 2.24) is 0 Å². The van der Waals surface area contributed by atoms with E-state index in [0.717, 1.165) is 23.7 Å². The van der Waals surface area contributed by atoms with Crippen LogP contribution in [0.25, 0.3) is 22.3 Å². The van der Waals surface area contributed by atoms with Gasteiger partial charge in [-0.1, -0.05) is 49.3 Å². The van der Waals surface area contributed by atoms with Crippen LogP contribution in [0.5, 0.6) is 17.2 Å². The van der Waals surface area contributed by atoms with Gasteiger partial charge in [-0.05, 0) is 37.5 Å². The van der Waals surface area contributed by atoms with Gasteiger partial charge >= 0.3 is 0 Å². The second kappa shape index (κ2) is 10.6. The molecule has 0 bridgehead atoms. The molecule has 32 heavy (non-hydrogen) atoms. The molecule has 0 spiro atoms. The van der Waals surface area contributed by atoms with Gasteiger partial charge in [0.2, 0.25) is 11.2 Å². The van der Waals surface area contributed by atoms with Crippen molar-refractivity contribution in [1.29, 1.82) is 0 Å². The van der Waals surface area contributed by atoms with Crippen LogP contribution in [0.3, 0.4) is 0 Å². The summed E-state index contributed by atoms with van der Waals surface area (Å²) in [6.45, 7) is 1.59. The highest BCUT2D eigenvalue weighted by atomic mass is 16.5. The van der Waals surface area contributed by atoms with Crippen LogP contribution < -0.4 is 15.3 Å². The zero-order valence-electron chi connectivity index (χ0n) is 19.2. The molecule has 3 rings (SSSR count). The lowest BCUT2D eigenvalue weighted by molar-refractivity contribution is -0.870. The number of nitrogens with zero attached hydrogens (tertiary/aromatic N) is 1. The Morgan fingerprint density at radius 1 is 0.969 bits per heavy atom. The Hall–Kier alpha value is -2.99. The Balaban J connectivity index is 1.66. The number of phenolic OH excluding ortho intramolecular Hbond substituents is 1. The second-order valence-corrected chi connectivity index (χ2v) is 9.25. The Kier molecular flexibility index (Phi) is 7.80. The molecule has 3 aromatic rings. The Bertz CT molecular complexity index is 1100. The molecule has 0 saturated carbocycles. The number of fused-ring (bicyclic) bond motifs is 1. The number of unbranched alkanes of at least 4 members (excludes halogenated alkanes) is 5. The summed E-state index contributed by atoms with van der Waals surface area (Å²) in [7, 11) is 6.64. The van der Waals surface area contributed by atoms with Crippen LogP contribution in [0.2, 0.25) is 0 Å². The molecule has 0 fully saturated rings. The molecule has 0 aliphatic carbocycles. The van der Waals surface area contributed by atoms with E-state index in [2.05, 4.69) is 21.1 Å². The number of phenols is 1. The monoisotopic (exact) mass is 439 g/mol. The first-order valence-electron chi connectivity index (χ1n) is 11.3. The summed E-state index contributed by atoms with van der Waals surface area (Å²) in [5.74, 6) is -0.538. The maximum atomic E-state index is 13.1. The third-order valence-electron chi connectivity index (χ3n) is 5.45. The van der Waals surface area contributed by atoms with Gasteiger partial charge in [0.15, 0.2) is 5.76 Å². The van der Waals surface area contributed by atoms with Crippen molar-refractivity contribution >= 4 is 11.0 Å². The van der Waals surface area contributed by atoms with E-state index in [1.54, 1.807) is 24.3 Å². The second-order valence-electron chi connectivity index (χ2n) is 9.25. The van der Waals surface area contributed by atoms with Gasteiger partial charge in [0, 0.05) is 5.56 Å². The molecule has 6 heteroatoms. The summed E-state index contributed by atoms with van der Waals surface area (Å²) >= 11 is 0. The third-order valence-corrected chi connectivity index (χ3v) is 5.45. The van der Waals surface area contributed by atoms with Crippen LogP contribution in [0.4, 0.5) is 0 Å². The first-order valence-corrected chi connectivity index (χ1v) is 11.3. The summed E-state index contributed by atoms with van der Waals surface area (Å²) in [6, 6.07) is 11.1. The Labute approximate surface area is 189 Å². The zero-order valence-corrected chi connectivity index (χ0v) is 19.2. The van der Waals surface area contributed by atoms with Crippen molar-refractivity contribution in [3.63, 3.8) is 0 Å². The number of para-hydroxylation sites is 1. The van der Waals surface area contributed by atoms with Gasteiger partial charge in [0.05, 0.1) is 39.7 Å². The average molecular weight is 440 g/mol. The van der Waals surface area contributed by atoms with Gasteiger partial charge < -0.3 is 23.9 Å². The molecule has 1 heterocycles. The zero-order chi connectivity index (χ0) is 23.1. The maximum Gasteiger partial charge on any atom is 0.235 e. The first kappa shape index (κ1) is 23.7. The van der Waals surface area contributed by atoms with E-state index in [9.17, 15) is 15.0 Å². The van der Waals surface area contributed by atoms with E-state index in [1.807, 2.05) is 0 Å². The van der Waals surface area contributed by atoms with Crippen LogP contribution >= 0.6 is 0 Å². The van der Waals surface area contributed by atoms with Gasteiger partial charge in [0.25, 0.3) is 0 Å². The SMILES string of the molecule is C[N+](C)(C)CCCCCCCCOc1c(-c2ccc([O-])c(O)c2)oc2ccccc2c1=O. The van der Waals surface area contributed by atoms with Gasteiger partial charge in [-0.25, -0.2) is 0 Å². The highest BCUT2D eigenvalue weighted by molar-refractivity contribution is 5.82. The van der Waals surface area contributed by atoms with Crippen LogP contribution in [0.15, 0.2) is 51.7 Å². The number of benzene rings is 2. The summed E-state index contributed by atoms with van der Waals surface area (Å²) in [6.07, 6.45) is 6.67. The van der Waals surface area contributed by atoms with Gasteiger partial charge in [-0.15, -0.1) is 0 Å². The molecule has 0 atom stereocenters. The number of aromatic hydroxyl groups is 1. The predicted molar refractivity (Wildman–Crippen MR) is 125 cm³/mol. The molecule has 6 nitrogen and oxygen atoms in total. The van der Waals surface area contributed by atoms with E-state index < -0.39 is 11.5 Å². The lowest BCUT2D eigenvalue weighted by Crippen LogP contribution is -2.35. The number of rotatable bonds is 11.